The molecule has 4 nitrogen and oxygen atoms in total. The van der Waals surface area contributed by atoms with E-state index in [-0.39, 0.29) is 16.6 Å². The summed E-state index contributed by atoms with van der Waals surface area (Å²) in [5.74, 6) is 0.374. The van der Waals surface area contributed by atoms with E-state index in [1.165, 1.54) is 0 Å². The van der Waals surface area contributed by atoms with Gasteiger partial charge in [0.05, 0.1) is 5.02 Å². The summed E-state index contributed by atoms with van der Waals surface area (Å²) in [6.07, 6.45) is 0. The van der Waals surface area contributed by atoms with Gasteiger partial charge in [-0.2, -0.15) is 15.0 Å². The fraction of sp³-hybridized carbons (Fsp3) is 0.182. The fourth-order valence-corrected chi connectivity index (χ4v) is 2.16. The minimum absolute atomic E-state index is 0.0342. The molecule has 100 valence electrons. The van der Waals surface area contributed by atoms with Gasteiger partial charge in [-0.3, -0.25) is 0 Å². The van der Waals surface area contributed by atoms with Gasteiger partial charge in [0, 0.05) is 5.02 Å². The van der Waals surface area contributed by atoms with Crippen LogP contribution in [0.1, 0.15) is 11.1 Å². The number of ether oxygens (including phenoxy) is 1. The van der Waals surface area contributed by atoms with Crippen LogP contribution in [0.15, 0.2) is 6.07 Å². The topological polar surface area (TPSA) is 47.9 Å². The molecule has 19 heavy (non-hydrogen) atoms. The second kappa shape index (κ2) is 5.67. The maximum atomic E-state index is 6.15. The molecule has 0 aliphatic rings. The van der Waals surface area contributed by atoms with Gasteiger partial charge in [0.25, 0.3) is 0 Å². The van der Waals surface area contributed by atoms with E-state index in [1.54, 1.807) is 13.0 Å². The van der Waals surface area contributed by atoms with Crippen LogP contribution in [0, 0.1) is 13.8 Å². The Morgan fingerprint density at radius 3 is 2.05 bits per heavy atom. The molecule has 0 saturated heterocycles. The van der Waals surface area contributed by atoms with E-state index in [9.17, 15) is 0 Å². The number of hydrogen-bond acceptors (Lipinski definition) is 4. The summed E-state index contributed by atoms with van der Waals surface area (Å²) in [6, 6.07) is 1.65. The Morgan fingerprint density at radius 2 is 1.47 bits per heavy atom. The van der Waals surface area contributed by atoms with E-state index < -0.39 is 0 Å². The van der Waals surface area contributed by atoms with Crippen molar-refractivity contribution in [3.05, 3.63) is 37.8 Å². The first-order valence-corrected chi connectivity index (χ1v) is 6.60. The molecule has 0 fully saturated rings. The molecule has 0 radical (unpaired) electrons. The van der Waals surface area contributed by atoms with E-state index in [0.29, 0.717) is 21.4 Å². The molecule has 0 aliphatic carbocycles. The molecule has 0 atom stereocenters. The zero-order valence-electron chi connectivity index (χ0n) is 9.84. The van der Waals surface area contributed by atoms with Gasteiger partial charge in [-0.1, -0.05) is 23.2 Å². The van der Waals surface area contributed by atoms with Crippen molar-refractivity contribution in [3.8, 4) is 11.8 Å². The van der Waals surface area contributed by atoms with Crippen LogP contribution in [0.2, 0.25) is 20.6 Å². The summed E-state index contributed by atoms with van der Waals surface area (Å²) < 4.78 is 5.47. The van der Waals surface area contributed by atoms with E-state index >= 15 is 0 Å². The summed E-state index contributed by atoms with van der Waals surface area (Å²) in [7, 11) is 0. The number of rotatable bonds is 2. The van der Waals surface area contributed by atoms with Crippen molar-refractivity contribution in [1.29, 1.82) is 0 Å². The van der Waals surface area contributed by atoms with Crippen molar-refractivity contribution in [2.45, 2.75) is 13.8 Å². The Bertz CT molecular complexity index is 628. The van der Waals surface area contributed by atoms with Crippen LogP contribution >= 0.6 is 46.4 Å². The van der Waals surface area contributed by atoms with Crippen LogP contribution in [-0.4, -0.2) is 15.0 Å². The van der Waals surface area contributed by atoms with Gasteiger partial charge >= 0.3 is 6.01 Å². The number of nitrogens with zero attached hydrogens (tertiary/aromatic N) is 3. The molecular formula is C11H7Cl4N3O. The first kappa shape index (κ1) is 14.6. The molecule has 2 rings (SSSR count). The molecule has 0 aliphatic heterocycles. The van der Waals surface area contributed by atoms with Gasteiger partial charge < -0.3 is 4.74 Å². The third kappa shape index (κ3) is 3.20. The molecule has 1 heterocycles. The zero-order valence-corrected chi connectivity index (χ0v) is 12.9. The molecule has 0 saturated carbocycles. The molecule has 0 N–H and O–H groups in total. The lowest BCUT2D eigenvalue weighted by molar-refractivity contribution is 0.439. The average molecular weight is 339 g/mol. The van der Waals surface area contributed by atoms with E-state index in [4.69, 9.17) is 51.1 Å². The largest absolute Gasteiger partial charge is 0.423 e. The van der Waals surface area contributed by atoms with Crippen molar-refractivity contribution in [1.82, 2.24) is 15.0 Å². The molecule has 2 aromatic rings. The van der Waals surface area contributed by atoms with Crippen LogP contribution in [0.3, 0.4) is 0 Å². The first-order valence-electron chi connectivity index (χ1n) is 5.08. The van der Waals surface area contributed by atoms with Crippen molar-refractivity contribution in [2.24, 2.45) is 0 Å². The quantitative estimate of drug-likeness (QED) is 0.781. The average Bonchev–Trinajstić information content (AvgIpc) is 2.32. The lowest BCUT2D eigenvalue weighted by atomic mass is 10.1. The zero-order chi connectivity index (χ0) is 14.2. The standard InChI is InChI=1S/C11H7Cl4N3O/c1-4-3-6(8(13)5(2)7(4)12)19-11-17-9(14)16-10(15)18-11/h3H,1-2H3. The predicted octanol–water partition coefficient (Wildman–Crippen LogP) is 4.89. The van der Waals surface area contributed by atoms with Gasteiger partial charge in [-0.05, 0) is 54.2 Å². The first-order chi connectivity index (χ1) is 8.88. The Morgan fingerprint density at radius 1 is 0.895 bits per heavy atom. The van der Waals surface area contributed by atoms with Crippen LogP contribution in [-0.2, 0) is 0 Å². The Balaban J connectivity index is 2.44. The molecule has 8 heteroatoms. The lowest BCUT2D eigenvalue weighted by Gasteiger charge is -2.11. The second-order valence-corrected chi connectivity index (χ2v) is 5.13. The third-order valence-corrected chi connectivity index (χ3v) is 3.72. The Labute approximate surface area is 129 Å². The van der Waals surface area contributed by atoms with Crippen LogP contribution in [0.4, 0.5) is 0 Å². The summed E-state index contributed by atoms with van der Waals surface area (Å²) in [4.78, 5) is 11.2. The van der Waals surface area contributed by atoms with Gasteiger partial charge in [0.2, 0.25) is 10.6 Å². The fourth-order valence-electron chi connectivity index (χ4n) is 1.43. The number of hydrogen-bond donors (Lipinski definition) is 0. The number of aryl methyl sites for hydroxylation is 1. The highest BCUT2D eigenvalue weighted by molar-refractivity contribution is 6.37. The van der Waals surface area contributed by atoms with Gasteiger partial charge in [0.1, 0.15) is 5.75 Å². The van der Waals surface area contributed by atoms with Crippen LogP contribution < -0.4 is 4.74 Å². The highest BCUT2D eigenvalue weighted by atomic mass is 35.5. The molecule has 0 spiro atoms. The highest BCUT2D eigenvalue weighted by Crippen LogP contribution is 2.37. The molecule has 0 bridgehead atoms. The number of benzene rings is 1. The second-order valence-electron chi connectivity index (χ2n) is 3.70. The van der Waals surface area contributed by atoms with Gasteiger partial charge in [-0.15, -0.1) is 0 Å². The van der Waals surface area contributed by atoms with Crippen molar-refractivity contribution in [3.63, 3.8) is 0 Å². The lowest BCUT2D eigenvalue weighted by Crippen LogP contribution is -1.97. The van der Waals surface area contributed by atoms with Crippen LogP contribution in [0.25, 0.3) is 0 Å². The molecule has 0 unspecified atom stereocenters. The van der Waals surface area contributed by atoms with Crippen molar-refractivity contribution >= 4 is 46.4 Å². The molecule has 0 amide bonds. The summed E-state index contributed by atoms with van der Waals surface area (Å²) in [6.45, 7) is 3.63. The summed E-state index contributed by atoms with van der Waals surface area (Å²) in [5.41, 5.74) is 1.54. The monoisotopic (exact) mass is 337 g/mol. The molecular weight excluding hydrogens is 332 g/mol. The normalized spacial score (nSPS) is 10.6. The minimum atomic E-state index is -0.0615. The number of aromatic nitrogens is 3. The smallest absolute Gasteiger partial charge is 0.327 e. The molecule has 1 aromatic heterocycles. The summed E-state index contributed by atoms with van der Waals surface area (Å²) >= 11 is 23.6. The SMILES string of the molecule is Cc1cc(Oc2nc(Cl)nc(Cl)n2)c(Cl)c(C)c1Cl. The van der Waals surface area contributed by atoms with Gasteiger partial charge in [0.15, 0.2) is 0 Å². The van der Waals surface area contributed by atoms with Gasteiger partial charge in [-0.25, -0.2) is 0 Å². The van der Waals surface area contributed by atoms with Crippen LogP contribution in [0.5, 0.6) is 11.8 Å². The number of halogens is 4. The highest BCUT2D eigenvalue weighted by Gasteiger charge is 2.14. The van der Waals surface area contributed by atoms with Crippen molar-refractivity contribution in [2.75, 3.05) is 0 Å². The van der Waals surface area contributed by atoms with E-state index in [0.717, 1.165) is 5.56 Å². The maximum absolute atomic E-state index is 6.15. The van der Waals surface area contributed by atoms with Crippen molar-refractivity contribution < 1.29 is 4.74 Å². The van der Waals surface area contributed by atoms with E-state index in [2.05, 4.69) is 15.0 Å². The predicted molar refractivity (Wildman–Crippen MR) is 75.9 cm³/mol. The minimum Gasteiger partial charge on any atom is -0.423 e. The Hall–Kier alpha value is -0.810. The summed E-state index contributed by atoms with van der Waals surface area (Å²) in [5, 5.41) is 0.842. The Kier molecular flexibility index (Phi) is 4.36. The molecule has 1 aromatic carbocycles. The third-order valence-electron chi connectivity index (χ3n) is 2.33. The van der Waals surface area contributed by atoms with E-state index in [1.807, 2.05) is 6.92 Å². The maximum Gasteiger partial charge on any atom is 0.327 e.